The fourth-order valence-corrected chi connectivity index (χ4v) is 2.87. The van der Waals surface area contributed by atoms with Crippen molar-refractivity contribution in [1.29, 1.82) is 5.26 Å². The van der Waals surface area contributed by atoms with Crippen molar-refractivity contribution in [2.24, 2.45) is 0 Å². The number of nitrogens with zero attached hydrogens (tertiary/aromatic N) is 1. The van der Waals surface area contributed by atoms with E-state index in [4.69, 9.17) is 14.2 Å². The molecule has 2 rings (SSSR count). The molecule has 6 nitrogen and oxygen atoms in total. The molecule has 156 valence electrons. The first-order valence-corrected chi connectivity index (χ1v) is 9.53. The van der Waals surface area contributed by atoms with E-state index in [1.807, 2.05) is 43.3 Å². The summed E-state index contributed by atoms with van der Waals surface area (Å²) in [6, 6.07) is 12.9. The molecule has 0 spiro atoms. The lowest BCUT2D eigenvalue weighted by Gasteiger charge is -2.15. The minimum Gasteiger partial charge on any atom is -0.497 e. The summed E-state index contributed by atoms with van der Waals surface area (Å²) < 4.78 is 16.3. The maximum Gasteiger partial charge on any atom is 0.262 e. The number of hydrogen-bond acceptors (Lipinski definition) is 5. The number of carbonyl (C=O) groups excluding carboxylic acids is 1. The molecule has 0 atom stereocenters. The summed E-state index contributed by atoms with van der Waals surface area (Å²) in [4.78, 5) is 12.5. The molecule has 0 aliphatic carbocycles. The van der Waals surface area contributed by atoms with Crippen LogP contribution >= 0.6 is 0 Å². The Morgan fingerprint density at radius 1 is 1.20 bits per heavy atom. The van der Waals surface area contributed by atoms with Gasteiger partial charge in [0.2, 0.25) is 0 Å². The zero-order valence-corrected chi connectivity index (χ0v) is 17.5. The lowest BCUT2D eigenvalue weighted by atomic mass is 10.0. The van der Waals surface area contributed by atoms with Gasteiger partial charge in [0, 0.05) is 12.1 Å². The second-order valence-electron chi connectivity index (χ2n) is 6.34. The highest BCUT2D eigenvalue weighted by Gasteiger charge is 2.14. The zero-order valence-electron chi connectivity index (χ0n) is 17.5. The van der Waals surface area contributed by atoms with E-state index in [0.717, 1.165) is 16.9 Å². The van der Waals surface area contributed by atoms with Crippen LogP contribution in [-0.2, 0) is 17.8 Å². The van der Waals surface area contributed by atoms with Crippen molar-refractivity contribution >= 4 is 12.0 Å². The number of allylic oxidation sites excluding steroid dienone is 1. The SMILES string of the molecule is C=CCc1cc(/C=C(/C#N)C(=O)NCc2ccc(OC)cc2)cc(OC)c1OCC. The van der Waals surface area contributed by atoms with E-state index < -0.39 is 5.91 Å². The van der Waals surface area contributed by atoms with Crippen LogP contribution in [0.25, 0.3) is 6.08 Å². The van der Waals surface area contributed by atoms with Crippen molar-refractivity contribution in [2.45, 2.75) is 19.9 Å². The normalized spacial score (nSPS) is 10.7. The van der Waals surface area contributed by atoms with Crippen molar-refractivity contribution in [3.05, 3.63) is 71.3 Å². The standard InChI is InChI=1S/C24H26N2O4/c1-5-7-19-12-18(14-22(29-4)23(19)30-6-2)13-20(15-25)24(27)26-16-17-8-10-21(28-3)11-9-17/h5,8-14H,1,6-7,16H2,2-4H3,(H,26,27)/b20-13-. The third kappa shape index (κ3) is 5.89. The van der Waals surface area contributed by atoms with E-state index in [2.05, 4.69) is 11.9 Å². The van der Waals surface area contributed by atoms with Crippen LogP contribution in [0.2, 0.25) is 0 Å². The fraction of sp³-hybridized carbons (Fsp3) is 0.250. The smallest absolute Gasteiger partial charge is 0.262 e. The van der Waals surface area contributed by atoms with E-state index in [0.29, 0.717) is 36.6 Å². The maximum atomic E-state index is 12.5. The van der Waals surface area contributed by atoms with Gasteiger partial charge in [-0.25, -0.2) is 0 Å². The highest BCUT2D eigenvalue weighted by atomic mass is 16.5. The molecular formula is C24H26N2O4. The molecule has 30 heavy (non-hydrogen) atoms. The second-order valence-corrected chi connectivity index (χ2v) is 6.34. The zero-order chi connectivity index (χ0) is 21.9. The van der Waals surface area contributed by atoms with Gasteiger partial charge in [0.1, 0.15) is 17.4 Å². The Morgan fingerprint density at radius 2 is 1.93 bits per heavy atom. The summed E-state index contributed by atoms with van der Waals surface area (Å²) in [6.45, 7) is 6.47. The Balaban J connectivity index is 2.24. The van der Waals surface area contributed by atoms with Crippen molar-refractivity contribution in [1.82, 2.24) is 5.32 Å². The Labute approximate surface area is 177 Å². The third-order valence-electron chi connectivity index (χ3n) is 4.32. The van der Waals surface area contributed by atoms with Crippen molar-refractivity contribution in [3.63, 3.8) is 0 Å². The molecular weight excluding hydrogens is 380 g/mol. The molecule has 0 saturated carbocycles. The number of ether oxygens (including phenoxy) is 3. The number of nitriles is 1. The molecule has 0 bridgehead atoms. The highest BCUT2D eigenvalue weighted by molar-refractivity contribution is 6.01. The van der Waals surface area contributed by atoms with E-state index in [1.54, 1.807) is 26.4 Å². The molecule has 0 heterocycles. The summed E-state index contributed by atoms with van der Waals surface area (Å²) in [5.41, 5.74) is 2.44. The van der Waals surface area contributed by atoms with E-state index in [-0.39, 0.29) is 5.57 Å². The van der Waals surface area contributed by atoms with Gasteiger partial charge in [-0.3, -0.25) is 4.79 Å². The van der Waals surface area contributed by atoms with Gasteiger partial charge >= 0.3 is 0 Å². The van der Waals surface area contributed by atoms with Crippen molar-refractivity contribution in [3.8, 4) is 23.3 Å². The minimum atomic E-state index is -0.452. The number of methoxy groups -OCH3 is 2. The predicted octanol–water partition coefficient (Wildman–Crippen LogP) is 4.05. The lowest BCUT2D eigenvalue weighted by molar-refractivity contribution is -0.117. The molecule has 0 aliphatic rings. The molecule has 0 aliphatic heterocycles. The van der Waals surface area contributed by atoms with Crippen molar-refractivity contribution < 1.29 is 19.0 Å². The average Bonchev–Trinajstić information content (AvgIpc) is 2.77. The number of amides is 1. The van der Waals surface area contributed by atoms with Crippen LogP contribution in [0.4, 0.5) is 0 Å². The van der Waals surface area contributed by atoms with E-state index in [9.17, 15) is 10.1 Å². The molecule has 2 aromatic carbocycles. The van der Waals surface area contributed by atoms with Gasteiger partial charge in [-0.05, 0) is 54.8 Å². The summed E-state index contributed by atoms with van der Waals surface area (Å²) in [5.74, 6) is 1.46. The van der Waals surface area contributed by atoms with Crippen LogP contribution in [0.3, 0.4) is 0 Å². The van der Waals surface area contributed by atoms with Gasteiger partial charge in [0.05, 0.1) is 20.8 Å². The van der Waals surface area contributed by atoms with Gasteiger partial charge in [0.25, 0.3) is 5.91 Å². The molecule has 1 N–H and O–H groups in total. The Kier molecular flexibility index (Phi) is 8.52. The first kappa shape index (κ1) is 22.6. The van der Waals surface area contributed by atoms with Crippen LogP contribution < -0.4 is 19.5 Å². The Hall–Kier alpha value is -3.72. The van der Waals surface area contributed by atoms with Gasteiger partial charge in [-0.1, -0.05) is 18.2 Å². The Bertz CT molecular complexity index is 956. The minimum absolute atomic E-state index is 0.000669. The lowest BCUT2D eigenvalue weighted by Crippen LogP contribution is -2.23. The number of hydrogen-bond donors (Lipinski definition) is 1. The summed E-state index contributed by atoms with van der Waals surface area (Å²) in [5, 5.41) is 12.3. The number of benzene rings is 2. The maximum absolute atomic E-state index is 12.5. The molecule has 2 aromatic rings. The number of carbonyl (C=O) groups is 1. The number of nitrogens with one attached hydrogen (secondary N) is 1. The van der Waals surface area contributed by atoms with Crippen LogP contribution in [0.1, 0.15) is 23.6 Å². The summed E-state index contributed by atoms with van der Waals surface area (Å²) >= 11 is 0. The predicted molar refractivity (Wildman–Crippen MR) is 116 cm³/mol. The summed E-state index contributed by atoms with van der Waals surface area (Å²) in [6.07, 6.45) is 3.87. The van der Waals surface area contributed by atoms with Gasteiger partial charge in [0.15, 0.2) is 11.5 Å². The van der Waals surface area contributed by atoms with Gasteiger partial charge in [-0.15, -0.1) is 6.58 Å². The van der Waals surface area contributed by atoms with E-state index in [1.165, 1.54) is 6.08 Å². The molecule has 6 heteroatoms. The molecule has 0 radical (unpaired) electrons. The quantitative estimate of drug-likeness (QED) is 0.366. The molecule has 1 amide bonds. The third-order valence-corrected chi connectivity index (χ3v) is 4.32. The topological polar surface area (TPSA) is 80.6 Å². The molecule has 0 aromatic heterocycles. The second kappa shape index (κ2) is 11.3. The fourth-order valence-electron chi connectivity index (χ4n) is 2.87. The Morgan fingerprint density at radius 3 is 2.50 bits per heavy atom. The first-order chi connectivity index (χ1) is 14.6. The van der Waals surface area contributed by atoms with E-state index >= 15 is 0 Å². The van der Waals surface area contributed by atoms with Crippen LogP contribution in [0.5, 0.6) is 17.2 Å². The van der Waals surface area contributed by atoms with Crippen molar-refractivity contribution in [2.75, 3.05) is 20.8 Å². The highest BCUT2D eigenvalue weighted by Crippen LogP contribution is 2.34. The number of rotatable bonds is 10. The molecule has 0 fully saturated rings. The van der Waals surface area contributed by atoms with Crippen LogP contribution in [0, 0.1) is 11.3 Å². The van der Waals surface area contributed by atoms with Crippen LogP contribution in [-0.4, -0.2) is 26.7 Å². The van der Waals surface area contributed by atoms with Gasteiger partial charge in [-0.2, -0.15) is 5.26 Å². The molecule has 0 saturated heterocycles. The first-order valence-electron chi connectivity index (χ1n) is 9.53. The van der Waals surface area contributed by atoms with Gasteiger partial charge < -0.3 is 19.5 Å². The summed E-state index contributed by atoms with van der Waals surface area (Å²) in [7, 11) is 3.15. The molecule has 0 unspecified atom stereocenters. The largest absolute Gasteiger partial charge is 0.497 e. The average molecular weight is 406 g/mol. The monoisotopic (exact) mass is 406 g/mol. The van der Waals surface area contributed by atoms with Crippen LogP contribution in [0.15, 0.2) is 54.6 Å².